The summed E-state index contributed by atoms with van der Waals surface area (Å²) in [6.45, 7) is 8.69. The van der Waals surface area contributed by atoms with Crippen LogP contribution < -0.4 is 10.2 Å². The first-order valence-electron chi connectivity index (χ1n) is 7.93. The second kappa shape index (κ2) is 5.32. The molecule has 2 atom stereocenters. The van der Waals surface area contributed by atoms with Crippen LogP contribution in [0.4, 0.5) is 5.82 Å². The Hall–Kier alpha value is -2.01. The Kier molecular flexibility index (Phi) is 3.30. The SMILES string of the molecule is Cc1nc(-c2ccncc2)nc(N2C[C@H]3CNC[C@H]3C2)c1C. The fourth-order valence-corrected chi connectivity index (χ4v) is 3.58. The molecule has 4 heterocycles. The van der Waals surface area contributed by atoms with Crippen molar-refractivity contribution in [1.29, 1.82) is 0 Å². The normalized spacial score (nSPS) is 23.8. The van der Waals surface area contributed by atoms with Crippen molar-refractivity contribution < 1.29 is 0 Å². The fraction of sp³-hybridized carbons (Fsp3) is 0.471. The zero-order chi connectivity index (χ0) is 15.1. The van der Waals surface area contributed by atoms with Crippen LogP contribution >= 0.6 is 0 Å². The highest BCUT2D eigenvalue weighted by molar-refractivity contribution is 5.60. The van der Waals surface area contributed by atoms with E-state index in [0.717, 1.165) is 60.9 Å². The van der Waals surface area contributed by atoms with Crippen molar-refractivity contribution in [3.63, 3.8) is 0 Å². The summed E-state index contributed by atoms with van der Waals surface area (Å²) in [5.74, 6) is 3.43. The van der Waals surface area contributed by atoms with Crippen LogP contribution in [0.2, 0.25) is 0 Å². The Bertz CT molecular complexity index is 673. The van der Waals surface area contributed by atoms with E-state index in [2.05, 4.69) is 34.0 Å². The first-order chi connectivity index (χ1) is 10.7. The minimum atomic E-state index is 0.763. The Balaban J connectivity index is 1.71. The minimum absolute atomic E-state index is 0.763. The maximum absolute atomic E-state index is 4.88. The molecule has 2 saturated heterocycles. The summed E-state index contributed by atoms with van der Waals surface area (Å²) in [5, 5.41) is 3.49. The van der Waals surface area contributed by atoms with Crippen LogP contribution in [-0.2, 0) is 0 Å². The number of hydrogen-bond acceptors (Lipinski definition) is 5. The highest BCUT2D eigenvalue weighted by atomic mass is 15.2. The van der Waals surface area contributed by atoms with Crippen molar-refractivity contribution in [3.05, 3.63) is 35.8 Å². The van der Waals surface area contributed by atoms with E-state index in [0.29, 0.717) is 0 Å². The van der Waals surface area contributed by atoms with Gasteiger partial charge in [-0.05, 0) is 37.8 Å². The van der Waals surface area contributed by atoms with Gasteiger partial charge in [0.25, 0.3) is 0 Å². The van der Waals surface area contributed by atoms with Crippen molar-refractivity contribution in [2.24, 2.45) is 11.8 Å². The van der Waals surface area contributed by atoms with Gasteiger partial charge < -0.3 is 10.2 Å². The smallest absolute Gasteiger partial charge is 0.161 e. The Labute approximate surface area is 130 Å². The predicted octanol–water partition coefficient (Wildman–Crippen LogP) is 1.81. The number of rotatable bonds is 2. The molecule has 2 fully saturated rings. The number of nitrogens with one attached hydrogen (secondary N) is 1. The van der Waals surface area contributed by atoms with Gasteiger partial charge in [-0.2, -0.15) is 0 Å². The van der Waals surface area contributed by atoms with Crippen LogP contribution in [0.15, 0.2) is 24.5 Å². The van der Waals surface area contributed by atoms with Crippen LogP contribution in [0.25, 0.3) is 11.4 Å². The zero-order valence-electron chi connectivity index (χ0n) is 13.1. The van der Waals surface area contributed by atoms with E-state index >= 15 is 0 Å². The van der Waals surface area contributed by atoms with E-state index in [1.165, 1.54) is 5.56 Å². The van der Waals surface area contributed by atoms with Crippen LogP contribution in [0, 0.1) is 25.7 Å². The molecule has 5 nitrogen and oxygen atoms in total. The van der Waals surface area contributed by atoms with Crippen molar-refractivity contribution >= 4 is 5.82 Å². The lowest BCUT2D eigenvalue weighted by atomic mass is 10.0. The molecule has 0 amide bonds. The van der Waals surface area contributed by atoms with Gasteiger partial charge in [0, 0.05) is 55.4 Å². The zero-order valence-corrected chi connectivity index (χ0v) is 13.1. The lowest BCUT2D eigenvalue weighted by molar-refractivity contribution is 0.533. The Morgan fingerprint density at radius 2 is 1.73 bits per heavy atom. The molecule has 0 aliphatic carbocycles. The summed E-state index contributed by atoms with van der Waals surface area (Å²) in [6.07, 6.45) is 3.58. The van der Waals surface area contributed by atoms with Crippen molar-refractivity contribution in [3.8, 4) is 11.4 Å². The maximum Gasteiger partial charge on any atom is 0.161 e. The van der Waals surface area contributed by atoms with Crippen LogP contribution in [0.5, 0.6) is 0 Å². The summed E-state index contributed by atoms with van der Waals surface area (Å²) < 4.78 is 0. The van der Waals surface area contributed by atoms with Crippen LogP contribution in [0.3, 0.4) is 0 Å². The third-order valence-electron chi connectivity index (χ3n) is 4.99. The third-order valence-corrected chi connectivity index (χ3v) is 4.99. The number of fused-ring (bicyclic) bond motifs is 1. The lowest BCUT2D eigenvalue weighted by Gasteiger charge is -2.22. The van der Waals surface area contributed by atoms with Gasteiger partial charge in [0.15, 0.2) is 5.82 Å². The molecule has 0 bridgehead atoms. The molecule has 1 N–H and O–H groups in total. The molecule has 22 heavy (non-hydrogen) atoms. The first kappa shape index (κ1) is 13.6. The number of aromatic nitrogens is 3. The van der Waals surface area contributed by atoms with Crippen LogP contribution in [0.1, 0.15) is 11.3 Å². The highest BCUT2D eigenvalue weighted by Crippen LogP contribution is 2.32. The van der Waals surface area contributed by atoms with E-state index in [9.17, 15) is 0 Å². The van der Waals surface area contributed by atoms with Gasteiger partial charge in [0.1, 0.15) is 5.82 Å². The molecule has 114 valence electrons. The molecule has 2 aliphatic rings. The molecular weight excluding hydrogens is 274 g/mol. The van der Waals surface area contributed by atoms with E-state index in [1.54, 1.807) is 12.4 Å². The van der Waals surface area contributed by atoms with Crippen LogP contribution in [-0.4, -0.2) is 41.1 Å². The monoisotopic (exact) mass is 295 g/mol. The average molecular weight is 295 g/mol. The molecule has 2 aliphatic heterocycles. The second-order valence-corrected chi connectivity index (χ2v) is 6.40. The molecule has 4 rings (SSSR count). The molecule has 2 aromatic rings. The topological polar surface area (TPSA) is 53.9 Å². The van der Waals surface area contributed by atoms with Crippen molar-refractivity contribution in [2.75, 3.05) is 31.1 Å². The third kappa shape index (κ3) is 2.25. The van der Waals surface area contributed by atoms with Gasteiger partial charge in [-0.25, -0.2) is 9.97 Å². The molecule has 0 unspecified atom stereocenters. The maximum atomic E-state index is 4.88. The fourth-order valence-electron chi connectivity index (χ4n) is 3.58. The molecule has 0 saturated carbocycles. The number of anilines is 1. The summed E-state index contributed by atoms with van der Waals surface area (Å²) in [6, 6.07) is 3.94. The number of nitrogens with zero attached hydrogens (tertiary/aromatic N) is 4. The molecule has 0 aromatic carbocycles. The van der Waals surface area contributed by atoms with Gasteiger partial charge in [-0.15, -0.1) is 0 Å². The highest BCUT2D eigenvalue weighted by Gasteiger charge is 2.37. The van der Waals surface area contributed by atoms with Crippen molar-refractivity contribution in [2.45, 2.75) is 13.8 Å². The van der Waals surface area contributed by atoms with Gasteiger partial charge in [0.05, 0.1) is 0 Å². The number of pyridine rings is 1. The first-order valence-corrected chi connectivity index (χ1v) is 7.93. The van der Waals surface area contributed by atoms with Gasteiger partial charge in [-0.1, -0.05) is 0 Å². The largest absolute Gasteiger partial charge is 0.356 e. The van der Waals surface area contributed by atoms with Gasteiger partial charge in [-0.3, -0.25) is 4.98 Å². The van der Waals surface area contributed by atoms with E-state index in [1.807, 2.05) is 12.1 Å². The summed E-state index contributed by atoms with van der Waals surface area (Å²) >= 11 is 0. The quantitative estimate of drug-likeness (QED) is 0.916. The molecule has 5 heteroatoms. The number of hydrogen-bond donors (Lipinski definition) is 1. The predicted molar refractivity (Wildman–Crippen MR) is 86.8 cm³/mol. The lowest BCUT2D eigenvalue weighted by Crippen LogP contribution is -2.27. The van der Waals surface area contributed by atoms with Crippen molar-refractivity contribution in [1.82, 2.24) is 20.3 Å². The Morgan fingerprint density at radius 3 is 2.41 bits per heavy atom. The Morgan fingerprint density at radius 1 is 1.05 bits per heavy atom. The summed E-state index contributed by atoms with van der Waals surface area (Å²) in [7, 11) is 0. The average Bonchev–Trinajstić information content (AvgIpc) is 3.12. The second-order valence-electron chi connectivity index (χ2n) is 6.40. The minimum Gasteiger partial charge on any atom is -0.356 e. The number of aryl methyl sites for hydroxylation is 1. The molecule has 0 spiro atoms. The van der Waals surface area contributed by atoms with E-state index < -0.39 is 0 Å². The summed E-state index contributed by atoms with van der Waals surface area (Å²) in [4.78, 5) is 16.1. The molecule has 2 aromatic heterocycles. The van der Waals surface area contributed by atoms with E-state index in [4.69, 9.17) is 4.98 Å². The standard InChI is InChI=1S/C17H21N5/c1-11-12(2)20-16(13-3-5-18-6-4-13)21-17(11)22-9-14-7-19-8-15(14)10-22/h3-6,14-15,19H,7-10H2,1-2H3/t14-,15+. The van der Waals surface area contributed by atoms with Gasteiger partial charge in [0.2, 0.25) is 0 Å². The summed E-state index contributed by atoms with van der Waals surface area (Å²) in [5.41, 5.74) is 3.29. The molecule has 0 radical (unpaired) electrons. The van der Waals surface area contributed by atoms with E-state index in [-0.39, 0.29) is 0 Å². The molecular formula is C17H21N5. The van der Waals surface area contributed by atoms with Gasteiger partial charge >= 0.3 is 0 Å².